The van der Waals surface area contributed by atoms with Crippen LogP contribution in [0, 0.1) is 6.92 Å². The van der Waals surface area contributed by atoms with E-state index in [0.717, 1.165) is 11.6 Å². The van der Waals surface area contributed by atoms with Crippen LogP contribution in [0.15, 0.2) is 42.5 Å². The summed E-state index contributed by atoms with van der Waals surface area (Å²) in [5.41, 5.74) is 0.609. The zero-order valence-electron chi connectivity index (χ0n) is 11.5. The van der Waals surface area contributed by atoms with Gasteiger partial charge in [-0.1, -0.05) is 29.8 Å². The molecule has 0 aliphatic carbocycles. The van der Waals surface area contributed by atoms with Crippen molar-refractivity contribution < 1.29 is 13.2 Å². The lowest BCUT2D eigenvalue weighted by Gasteiger charge is -2.16. The fraction of sp³-hybridized carbons (Fsp3) is 0.133. The normalized spacial score (nSPS) is 11.1. The third kappa shape index (κ3) is 4.11. The van der Waals surface area contributed by atoms with Crippen molar-refractivity contribution in [3.05, 3.63) is 58.6 Å². The number of hydrogen-bond acceptors (Lipinski definition) is 1. The van der Waals surface area contributed by atoms with Crippen LogP contribution in [0.1, 0.15) is 11.1 Å². The van der Waals surface area contributed by atoms with Crippen molar-refractivity contribution in [1.29, 1.82) is 0 Å². The zero-order valence-corrected chi connectivity index (χ0v) is 13.0. The Bertz CT molecular complexity index is 701. The highest BCUT2D eigenvalue weighted by Gasteiger charge is 2.33. The lowest BCUT2D eigenvalue weighted by Crippen LogP contribution is -2.21. The maximum atomic E-state index is 12.9. The van der Waals surface area contributed by atoms with Crippen LogP contribution in [0.5, 0.6) is 0 Å². The number of aryl methyl sites for hydroxylation is 1. The quantitative estimate of drug-likeness (QED) is 0.706. The molecule has 0 radical (unpaired) electrons. The second-order valence-electron chi connectivity index (χ2n) is 4.59. The fourth-order valence-corrected chi connectivity index (χ4v) is 2.20. The number of hydrogen-bond donors (Lipinski definition) is 2. The van der Waals surface area contributed by atoms with Crippen LogP contribution < -0.4 is 10.6 Å². The second kappa shape index (κ2) is 6.54. The van der Waals surface area contributed by atoms with Crippen molar-refractivity contribution in [3.8, 4) is 0 Å². The summed E-state index contributed by atoms with van der Waals surface area (Å²) in [6.07, 6.45) is -4.45. The number of benzene rings is 2. The molecular formula is C15H12ClF3N2S. The number of para-hydroxylation sites is 1. The number of rotatable bonds is 2. The number of alkyl halides is 3. The molecule has 0 aliphatic heterocycles. The van der Waals surface area contributed by atoms with E-state index in [2.05, 4.69) is 10.6 Å². The molecule has 0 heterocycles. The van der Waals surface area contributed by atoms with Gasteiger partial charge in [-0.05, 0) is 49.0 Å². The molecule has 2 N–H and O–H groups in total. The standard InChI is InChI=1S/C15H12ClF3N2S/c1-9-6-7-10(8-12(9)16)20-14(22)21-13-5-3-2-4-11(13)15(17,18)19/h2-8H,1H3,(H2,20,21,22). The van der Waals surface area contributed by atoms with Gasteiger partial charge in [-0.3, -0.25) is 0 Å². The predicted octanol–water partition coefficient (Wildman–Crippen LogP) is 5.48. The minimum Gasteiger partial charge on any atom is -0.332 e. The summed E-state index contributed by atoms with van der Waals surface area (Å²) >= 11 is 11.0. The fourth-order valence-electron chi connectivity index (χ4n) is 1.79. The SMILES string of the molecule is Cc1ccc(NC(=S)Nc2ccccc2C(F)(F)F)cc1Cl. The minimum atomic E-state index is -4.45. The van der Waals surface area contributed by atoms with E-state index in [-0.39, 0.29) is 10.8 Å². The summed E-state index contributed by atoms with van der Waals surface area (Å²) in [6.45, 7) is 1.85. The second-order valence-corrected chi connectivity index (χ2v) is 5.40. The Balaban J connectivity index is 2.14. The first kappa shape index (κ1) is 16.6. The van der Waals surface area contributed by atoms with Crippen LogP contribution in [0.25, 0.3) is 0 Å². The number of halogens is 4. The Morgan fingerprint density at radius 3 is 2.41 bits per heavy atom. The van der Waals surface area contributed by atoms with Crippen molar-refractivity contribution in [1.82, 2.24) is 0 Å². The monoisotopic (exact) mass is 344 g/mol. The van der Waals surface area contributed by atoms with Crippen molar-refractivity contribution in [2.24, 2.45) is 0 Å². The molecule has 2 rings (SSSR count). The molecule has 0 unspecified atom stereocenters. The van der Waals surface area contributed by atoms with Crippen molar-refractivity contribution in [2.75, 3.05) is 10.6 Å². The summed E-state index contributed by atoms with van der Waals surface area (Å²) in [6, 6.07) is 10.3. The molecule has 0 aromatic heterocycles. The summed E-state index contributed by atoms with van der Waals surface area (Å²) in [5.74, 6) is 0. The Hall–Kier alpha value is -1.79. The smallest absolute Gasteiger partial charge is 0.332 e. The number of thiocarbonyl (C=S) groups is 1. The van der Waals surface area contributed by atoms with E-state index in [9.17, 15) is 13.2 Å². The van der Waals surface area contributed by atoms with Gasteiger partial charge >= 0.3 is 6.18 Å². The van der Waals surface area contributed by atoms with E-state index in [1.165, 1.54) is 18.2 Å². The van der Waals surface area contributed by atoms with Crippen LogP contribution in [0.4, 0.5) is 24.5 Å². The maximum Gasteiger partial charge on any atom is 0.418 e. The number of anilines is 2. The molecule has 0 spiro atoms. The molecular weight excluding hydrogens is 333 g/mol. The molecule has 7 heteroatoms. The molecule has 0 saturated heterocycles. The summed E-state index contributed by atoms with van der Waals surface area (Å²) in [5, 5.41) is 5.96. The van der Waals surface area contributed by atoms with Gasteiger partial charge in [0.2, 0.25) is 0 Å². The molecule has 0 saturated carbocycles. The first-order valence-electron chi connectivity index (χ1n) is 6.28. The maximum absolute atomic E-state index is 12.9. The van der Waals surface area contributed by atoms with Gasteiger partial charge < -0.3 is 10.6 Å². The molecule has 0 atom stereocenters. The van der Waals surface area contributed by atoms with Gasteiger partial charge in [0, 0.05) is 10.7 Å². The molecule has 0 aliphatic rings. The van der Waals surface area contributed by atoms with Crippen LogP contribution >= 0.6 is 23.8 Å². The van der Waals surface area contributed by atoms with Gasteiger partial charge in [-0.15, -0.1) is 0 Å². The van der Waals surface area contributed by atoms with E-state index in [1.807, 2.05) is 6.92 Å². The molecule has 116 valence electrons. The third-order valence-corrected chi connectivity index (χ3v) is 3.52. The Morgan fingerprint density at radius 2 is 1.77 bits per heavy atom. The Morgan fingerprint density at radius 1 is 1.09 bits per heavy atom. The Labute approximate surface area is 136 Å². The van der Waals surface area contributed by atoms with Crippen molar-refractivity contribution >= 4 is 40.3 Å². The lowest BCUT2D eigenvalue weighted by atomic mass is 10.1. The lowest BCUT2D eigenvalue weighted by molar-refractivity contribution is -0.136. The van der Waals surface area contributed by atoms with Gasteiger partial charge in [0.05, 0.1) is 11.3 Å². The van der Waals surface area contributed by atoms with E-state index in [1.54, 1.807) is 18.2 Å². The summed E-state index contributed by atoms with van der Waals surface area (Å²) < 4.78 is 38.7. The first-order chi connectivity index (χ1) is 10.3. The third-order valence-electron chi connectivity index (χ3n) is 2.91. The number of nitrogens with one attached hydrogen (secondary N) is 2. The van der Waals surface area contributed by atoms with Crippen molar-refractivity contribution in [2.45, 2.75) is 13.1 Å². The molecule has 2 aromatic carbocycles. The Kier molecular flexibility index (Phi) is 4.93. The van der Waals surface area contributed by atoms with Gasteiger partial charge in [-0.2, -0.15) is 13.2 Å². The van der Waals surface area contributed by atoms with E-state index < -0.39 is 11.7 Å². The van der Waals surface area contributed by atoms with E-state index in [4.69, 9.17) is 23.8 Å². The van der Waals surface area contributed by atoms with Gasteiger partial charge in [0.1, 0.15) is 0 Å². The van der Waals surface area contributed by atoms with Gasteiger partial charge in [0.25, 0.3) is 0 Å². The van der Waals surface area contributed by atoms with Crippen LogP contribution in [-0.4, -0.2) is 5.11 Å². The molecule has 22 heavy (non-hydrogen) atoms. The van der Waals surface area contributed by atoms with Gasteiger partial charge in [0.15, 0.2) is 5.11 Å². The molecule has 0 amide bonds. The minimum absolute atomic E-state index is 0.0524. The topological polar surface area (TPSA) is 24.1 Å². The van der Waals surface area contributed by atoms with E-state index >= 15 is 0 Å². The summed E-state index contributed by atoms with van der Waals surface area (Å²) in [4.78, 5) is 0. The first-order valence-corrected chi connectivity index (χ1v) is 7.06. The molecule has 0 bridgehead atoms. The highest BCUT2D eigenvalue weighted by atomic mass is 35.5. The largest absolute Gasteiger partial charge is 0.418 e. The average Bonchev–Trinajstić information content (AvgIpc) is 2.42. The van der Waals surface area contributed by atoms with Crippen molar-refractivity contribution in [3.63, 3.8) is 0 Å². The highest BCUT2D eigenvalue weighted by molar-refractivity contribution is 7.80. The predicted molar refractivity (Wildman–Crippen MR) is 87.5 cm³/mol. The van der Waals surface area contributed by atoms with Crippen LogP contribution in [0.2, 0.25) is 5.02 Å². The zero-order chi connectivity index (χ0) is 16.3. The molecule has 2 nitrogen and oxygen atoms in total. The van der Waals surface area contributed by atoms with Crippen LogP contribution in [-0.2, 0) is 6.18 Å². The van der Waals surface area contributed by atoms with Crippen LogP contribution in [0.3, 0.4) is 0 Å². The highest BCUT2D eigenvalue weighted by Crippen LogP contribution is 2.34. The van der Waals surface area contributed by atoms with E-state index in [0.29, 0.717) is 10.7 Å². The summed E-state index contributed by atoms with van der Waals surface area (Å²) in [7, 11) is 0. The van der Waals surface area contributed by atoms with Gasteiger partial charge in [-0.25, -0.2) is 0 Å². The average molecular weight is 345 g/mol. The molecule has 0 fully saturated rings. The molecule has 2 aromatic rings.